The van der Waals surface area contributed by atoms with Gasteiger partial charge in [-0.15, -0.1) is 0 Å². The van der Waals surface area contributed by atoms with Gasteiger partial charge in [-0.05, 0) is 29.8 Å². The number of aryl methyl sites for hydroxylation is 1. The van der Waals surface area contributed by atoms with Crippen molar-refractivity contribution in [2.75, 3.05) is 0 Å². The fourth-order valence-electron chi connectivity index (χ4n) is 2.99. The molecule has 3 heteroatoms. The molecule has 0 N–H and O–H groups in total. The van der Waals surface area contributed by atoms with Gasteiger partial charge >= 0.3 is 0 Å². The Morgan fingerprint density at radius 2 is 1.55 bits per heavy atom. The van der Waals surface area contributed by atoms with Crippen molar-refractivity contribution in [3.05, 3.63) is 73.2 Å². The molecular weight excluding hydrogens is 270 g/mol. The molecule has 4 rings (SSSR count). The molecule has 3 heterocycles. The lowest BCUT2D eigenvalue weighted by molar-refractivity contribution is 0.977. The van der Waals surface area contributed by atoms with Crippen molar-refractivity contribution in [1.29, 1.82) is 0 Å². The Hall–Kier alpha value is -2.94. The quantitative estimate of drug-likeness (QED) is 0.549. The molecule has 4 aromatic rings. The summed E-state index contributed by atoms with van der Waals surface area (Å²) in [4.78, 5) is 8.76. The molecule has 0 aliphatic heterocycles. The third-order valence-corrected chi connectivity index (χ3v) is 3.97. The Labute approximate surface area is 128 Å². The summed E-state index contributed by atoms with van der Waals surface area (Å²) in [5.74, 6) is 0. The van der Waals surface area contributed by atoms with Crippen LogP contribution < -0.4 is 0 Å². The fraction of sp³-hybridized carbons (Fsp3) is 0.0526. The first kappa shape index (κ1) is 12.8. The summed E-state index contributed by atoms with van der Waals surface area (Å²) >= 11 is 0. The molecule has 0 unspecified atom stereocenters. The van der Waals surface area contributed by atoms with Crippen LogP contribution in [0, 0.1) is 0 Å². The number of aromatic nitrogens is 3. The third kappa shape index (κ3) is 1.91. The van der Waals surface area contributed by atoms with Crippen molar-refractivity contribution >= 4 is 11.0 Å². The van der Waals surface area contributed by atoms with Crippen LogP contribution in [0.2, 0.25) is 0 Å². The van der Waals surface area contributed by atoms with Crippen LogP contribution in [0.1, 0.15) is 0 Å². The number of pyridine rings is 2. The average molecular weight is 285 g/mol. The third-order valence-electron chi connectivity index (χ3n) is 3.97. The van der Waals surface area contributed by atoms with Crippen molar-refractivity contribution < 1.29 is 0 Å². The molecular formula is C19H15N3. The molecule has 0 atom stereocenters. The summed E-state index contributed by atoms with van der Waals surface area (Å²) in [6.45, 7) is 0. The van der Waals surface area contributed by atoms with E-state index >= 15 is 0 Å². The predicted octanol–water partition coefficient (Wildman–Crippen LogP) is 4.30. The predicted molar refractivity (Wildman–Crippen MR) is 89.4 cm³/mol. The van der Waals surface area contributed by atoms with Crippen LogP contribution in [0.4, 0.5) is 0 Å². The van der Waals surface area contributed by atoms with Gasteiger partial charge in [-0.25, -0.2) is 0 Å². The molecule has 106 valence electrons. The second-order valence-corrected chi connectivity index (χ2v) is 5.26. The van der Waals surface area contributed by atoms with E-state index in [0.717, 1.165) is 16.6 Å². The van der Waals surface area contributed by atoms with E-state index in [1.54, 1.807) is 0 Å². The highest BCUT2D eigenvalue weighted by Crippen LogP contribution is 2.38. The molecule has 0 spiro atoms. The van der Waals surface area contributed by atoms with E-state index in [4.69, 9.17) is 0 Å². The maximum Gasteiger partial charge on any atom is 0.0965 e. The summed E-state index contributed by atoms with van der Waals surface area (Å²) < 4.78 is 2.21. The van der Waals surface area contributed by atoms with Crippen molar-refractivity contribution in [3.8, 4) is 22.4 Å². The summed E-state index contributed by atoms with van der Waals surface area (Å²) in [5.41, 5.74) is 6.83. The topological polar surface area (TPSA) is 30.7 Å². The standard InChI is InChI=1S/C19H15N3/c1-22-16-8-5-11-21-18(16)17(14-6-3-2-4-7-14)19(22)15-9-12-20-13-10-15/h2-13H,1H3. The smallest absolute Gasteiger partial charge is 0.0965 e. The Bertz CT molecular complexity index is 925. The largest absolute Gasteiger partial charge is 0.342 e. The number of benzene rings is 1. The van der Waals surface area contributed by atoms with Crippen LogP contribution in [-0.2, 0) is 7.05 Å². The fourth-order valence-corrected chi connectivity index (χ4v) is 2.99. The molecule has 0 saturated heterocycles. The molecule has 3 aromatic heterocycles. The zero-order valence-electron chi connectivity index (χ0n) is 12.3. The van der Waals surface area contributed by atoms with Gasteiger partial charge in [0.25, 0.3) is 0 Å². The molecule has 1 aromatic carbocycles. The number of nitrogens with zero attached hydrogens (tertiary/aromatic N) is 3. The highest BCUT2D eigenvalue weighted by molar-refractivity contribution is 6.02. The minimum atomic E-state index is 1.03. The second-order valence-electron chi connectivity index (χ2n) is 5.26. The maximum absolute atomic E-state index is 4.63. The summed E-state index contributed by atoms with van der Waals surface area (Å²) in [6.07, 6.45) is 5.51. The first-order chi connectivity index (χ1) is 10.9. The van der Waals surface area contributed by atoms with Gasteiger partial charge in [0.2, 0.25) is 0 Å². The van der Waals surface area contributed by atoms with Crippen LogP contribution in [0.15, 0.2) is 73.2 Å². The van der Waals surface area contributed by atoms with E-state index in [1.807, 2.05) is 42.9 Å². The summed E-state index contributed by atoms with van der Waals surface area (Å²) in [6, 6.07) is 18.6. The normalized spacial score (nSPS) is 11.0. The molecule has 0 radical (unpaired) electrons. The Kier molecular flexibility index (Phi) is 2.97. The molecule has 0 aliphatic rings. The van der Waals surface area contributed by atoms with Crippen LogP contribution >= 0.6 is 0 Å². The van der Waals surface area contributed by atoms with Crippen molar-refractivity contribution in [3.63, 3.8) is 0 Å². The van der Waals surface area contributed by atoms with Crippen molar-refractivity contribution in [2.24, 2.45) is 7.05 Å². The lowest BCUT2D eigenvalue weighted by Gasteiger charge is -2.08. The van der Waals surface area contributed by atoms with E-state index in [-0.39, 0.29) is 0 Å². The zero-order chi connectivity index (χ0) is 14.9. The van der Waals surface area contributed by atoms with Gasteiger partial charge in [-0.3, -0.25) is 9.97 Å². The lowest BCUT2D eigenvalue weighted by Crippen LogP contribution is -1.92. The Morgan fingerprint density at radius 3 is 2.32 bits per heavy atom. The van der Waals surface area contributed by atoms with E-state index in [9.17, 15) is 0 Å². The molecule has 3 nitrogen and oxygen atoms in total. The monoisotopic (exact) mass is 285 g/mol. The molecule has 22 heavy (non-hydrogen) atoms. The van der Waals surface area contributed by atoms with E-state index < -0.39 is 0 Å². The number of hydrogen-bond donors (Lipinski definition) is 0. The van der Waals surface area contributed by atoms with E-state index in [2.05, 4.69) is 51.9 Å². The lowest BCUT2D eigenvalue weighted by atomic mass is 10.0. The number of fused-ring (bicyclic) bond motifs is 1. The molecule has 0 aliphatic carbocycles. The minimum Gasteiger partial charge on any atom is -0.342 e. The van der Waals surface area contributed by atoms with Gasteiger partial charge in [0, 0.05) is 36.8 Å². The highest BCUT2D eigenvalue weighted by Gasteiger charge is 2.18. The number of rotatable bonds is 2. The van der Waals surface area contributed by atoms with E-state index in [1.165, 1.54) is 16.8 Å². The van der Waals surface area contributed by atoms with Gasteiger partial charge in [0.05, 0.1) is 16.7 Å². The molecule has 0 amide bonds. The second kappa shape index (κ2) is 5.11. The molecule has 0 bridgehead atoms. The Balaban J connectivity index is 2.14. The Morgan fingerprint density at radius 1 is 0.773 bits per heavy atom. The van der Waals surface area contributed by atoms with Gasteiger partial charge in [0.1, 0.15) is 0 Å². The van der Waals surface area contributed by atoms with Gasteiger partial charge in [-0.2, -0.15) is 0 Å². The summed E-state index contributed by atoms with van der Waals surface area (Å²) in [5, 5.41) is 0. The SMILES string of the molecule is Cn1c(-c2ccncc2)c(-c2ccccc2)c2ncccc21. The first-order valence-corrected chi connectivity index (χ1v) is 7.25. The van der Waals surface area contributed by atoms with Crippen LogP contribution in [0.3, 0.4) is 0 Å². The number of hydrogen-bond acceptors (Lipinski definition) is 2. The maximum atomic E-state index is 4.63. The average Bonchev–Trinajstić information content (AvgIpc) is 2.90. The molecule has 0 saturated carbocycles. The van der Waals surface area contributed by atoms with E-state index in [0.29, 0.717) is 0 Å². The molecule has 0 fully saturated rings. The van der Waals surface area contributed by atoms with Gasteiger partial charge in [-0.1, -0.05) is 30.3 Å². The minimum absolute atomic E-state index is 1.03. The van der Waals surface area contributed by atoms with Crippen LogP contribution in [0.25, 0.3) is 33.4 Å². The van der Waals surface area contributed by atoms with Crippen molar-refractivity contribution in [2.45, 2.75) is 0 Å². The highest BCUT2D eigenvalue weighted by atomic mass is 15.0. The van der Waals surface area contributed by atoms with Crippen LogP contribution in [0.5, 0.6) is 0 Å². The first-order valence-electron chi connectivity index (χ1n) is 7.25. The van der Waals surface area contributed by atoms with Gasteiger partial charge in [0.15, 0.2) is 0 Å². The zero-order valence-corrected chi connectivity index (χ0v) is 12.3. The summed E-state index contributed by atoms with van der Waals surface area (Å²) in [7, 11) is 2.09. The van der Waals surface area contributed by atoms with Gasteiger partial charge < -0.3 is 4.57 Å². The van der Waals surface area contributed by atoms with Crippen molar-refractivity contribution in [1.82, 2.24) is 14.5 Å². The van der Waals surface area contributed by atoms with Crippen LogP contribution in [-0.4, -0.2) is 14.5 Å².